The summed E-state index contributed by atoms with van der Waals surface area (Å²) in [7, 11) is 1.75. The van der Waals surface area contributed by atoms with Gasteiger partial charge in [-0.1, -0.05) is 11.3 Å². The quantitative estimate of drug-likeness (QED) is 0.797. The van der Waals surface area contributed by atoms with Gasteiger partial charge in [0, 0.05) is 26.8 Å². The van der Waals surface area contributed by atoms with E-state index in [1.54, 1.807) is 7.11 Å². The van der Waals surface area contributed by atoms with E-state index in [0.717, 1.165) is 54.9 Å². The number of nitrogens with one attached hydrogen (secondary N) is 1. The normalized spacial score (nSPS) is 25.4. The number of anilines is 1. The summed E-state index contributed by atoms with van der Waals surface area (Å²) in [4.78, 5) is 19.3. The van der Waals surface area contributed by atoms with Crippen molar-refractivity contribution in [1.29, 1.82) is 0 Å². The standard InChI is InChI=1S/C20H27N3O4S/c1-3-26-14-5-6-15-16(11-14)28-19(21-15)22-18(24)12-23-9-7-17(25-2)20(13-23)8-4-10-27-20/h5-6,11,17H,3-4,7-10,12-13H2,1-2H3,(H,21,22,24)/t17-,20+/m0/s1. The van der Waals surface area contributed by atoms with Gasteiger partial charge in [-0.25, -0.2) is 4.98 Å². The smallest absolute Gasteiger partial charge is 0.240 e. The summed E-state index contributed by atoms with van der Waals surface area (Å²) in [6, 6.07) is 5.78. The predicted molar refractivity (Wildman–Crippen MR) is 109 cm³/mol. The number of rotatable bonds is 6. The molecule has 2 fully saturated rings. The largest absolute Gasteiger partial charge is 0.494 e. The highest BCUT2D eigenvalue weighted by molar-refractivity contribution is 7.22. The van der Waals surface area contributed by atoms with Crippen LogP contribution in [0.3, 0.4) is 0 Å². The number of methoxy groups -OCH3 is 1. The number of fused-ring (bicyclic) bond motifs is 1. The molecule has 2 saturated heterocycles. The van der Waals surface area contributed by atoms with E-state index in [1.165, 1.54) is 11.3 Å². The number of piperidine rings is 1. The van der Waals surface area contributed by atoms with Crippen LogP contribution < -0.4 is 10.1 Å². The van der Waals surface area contributed by atoms with Gasteiger partial charge in [-0.15, -0.1) is 0 Å². The van der Waals surface area contributed by atoms with Crippen molar-refractivity contribution in [3.63, 3.8) is 0 Å². The molecule has 1 aromatic heterocycles. The number of hydrogen-bond donors (Lipinski definition) is 1. The van der Waals surface area contributed by atoms with Gasteiger partial charge in [-0.3, -0.25) is 9.69 Å². The van der Waals surface area contributed by atoms with E-state index >= 15 is 0 Å². The molecule has 2 aliphatic heterocycles. The number of aromatic nitrogens is 1. The first-order valence-electron chi connectivity index (χ1n) is 9.84. The minimum absolute atomic E-state index is 0.0481. The van der Waals surface area contributed by atoms with E-state index in [9.17, 15) is 4.79 Å². The van der Waals surface area contributed by atoms with Gasteiger partial charge >= 0.3 is 0 Å². The van der Waals surface area contributed by atoms with Crippen molar-refractivity contribution < 1.29 is 19.0 Å². The van der Waals surface area contributed by atoms with Crippen molar-refractivity contribution in [2.24, 2.45) is 0 Å². The highest BCUT2D eigenvalue weighted by atomic mass is 32.1. The van der Waals surface area contributed by atoms with E-state index in [1.807, 2.05) is 25.1 Å². The number of ether oxygens (including phenoxy) is 3. The number of carbonyl (C=O) groups excluding carboxylic acids is 1. The van der Waals surface area contributed by atoms with Gasteiger partial charge in [-0.05, 0) is 44.4 Å². The lowest BCUT2D eigenvalue weighted by atomic mass is 9.87. The maximum atomic E-state index is 12.6. The first-order chi connectivity index (χ1) is 13.6. The molecule has 2 atom stereocenters. The second-order valence-electron chi connectivity index (χ2n) is 7.37. The monoisotopic (exact) mass is 405 g/mol. The minimum Gasteiger partial charge on any atom is -0.494 e. The molecule has 1 aromatic carbocycles. The molecule has 0 radical (unpaired) electrons. The fourth-order valence-electron chi connectivity index (χ4n) is 4.26. The molecule has 7 nitrogen and oxygen atoms in total. The molecule has 2 aromatic rings. The number of carbonyl (C=O) groups is 1. The topological polar surface area (TPSA) is 72.9 Å². The molecule has 3 heterocycles. The Hall–Kier alpha value is -1.74. The van der Waals surface area contributed by atoms with Crippen LogP contribution in [0.25, 0.3) is 10.2 Å². The molecule has 0 aliphatic carbocycles. The number of thiazole rings is 1. The molecule has 4 rings (SSSR count). The zero-order valence-corrected chi connectivity index (χ0v) is 17.2. The third-order valence-corrected chi connectivity index (χ3v) is 6.42. The van der Waals surface area contributed by atoms with Crippen LogP contribution in [0.1, 0.15) is 26.2 Å². The molecule has 8 heteroatoms. The van der Waals surface area contributed by atoms with Gasteiger partial charge in [0.15, 0.2) is 5.13 Å². The number of likely N-dealkylation sites (tertiary alicyclic amines) is 1. The van der Waals surface area contributed by atoms with Crippen molar-refractivity contribution >= 4 is 32.6 Å². The van der Waals surface area contributed by atoms with Gasteiger partial charge in [0.25, 0.3) is 0 Å². The van der Waals surface area contributed by atoms with E-state index in [-0.39, 0.29) is 17.6 Å². The van der Waals surface area contributed by atoms with E-state index in [2.05, 4.69) is 15.2 Å². The van der Waals surface area contributed by atoms with Crippen LogP contribution in [0.5, 0.6) is 5.75 Å². The highest BCUT2D eigenvalue weighted by Gasteiger charge is 2.47. The Morgan fingerprint density at radius 1 is 1.50 bits per heavy atom. The fourth-order valence-corrected chi connectivity index (χ4v) is 5.17. The number of hydrogen-bond acceptors (Lipinski definition) is 7. The van der Waals surface area contributed by atoms with E-state index < -0.39 is 0 Å². The molecule has 0 bridgehead atoms. The maximum absolute atomic E-state index is 12.6. The zero-order valence-electron chi connectivity index (χ0n) is 16.4. The number of benzene rings is 1. The maximum Gasteiger partial charge on any atom is 0.240 e. The van der Waals surface area contributed by atoms with Crippen LogP contribution in [0.2, 0.25) is 0 Å². The molecule has 0 saturated carbocycles. The van der Waals surface area contributed by atoms with Crippen LogP contribution in [-0.4, -0.2) is 67.5 Å². The Morgan fingerprint density at radius 2 is 2.39 bits per heavy atom. The molecule has 1 amide bonds. The van der Waals surface area contributed by atoms with Crippen molar-refractivity contribution in [3.05, 3.63) is 18.2 Å². The Labute approximate surface area is 169 Å². The predicted octanol–water partition coefficient (Wildman–Crippen LogP) is 2.90. The first-order valence-corrected chi connectivity index (χ1v) is 10.7. The van der Waals surface area contributed by atoms with Crippen molar-refractivity contribution in [2.45, 2.75) is 37.9 Å². The van der Waals surface area contributed by atoms with Gasteiger partial charge in [0.05, 0.1) is 29.5 Å². The van der Waals surface area contributed by atoms with Gasteiger partial charge in [0.1, 0.15) is 11.4 Å². The Bertz CT molecular complexity index is 834. The molecular formula is C20H27N3O4S. The molecule has 1 spiro atoms. The lowest BCUT2D eigenvalue weighted by molar-refractivity contribution is -0.146. The molecule has 0 unspecified atom stereocenters. The fraction of sp³-hybridized carbons (Fsp3) is 0.600. The number of nitrogens with zero attached hydrogens (tertiary/aromatic N) is 2. The highest BCUT2D eigenvalue weighted by Crippen LogP contribution is 2.36. The molecular weight excluding hydrogens is 378 g/mol. The van der Waals surface area contributed by atoms with Crippen LogP contribution >= 0.6 is 11.3 Å². The van der Waals surface area contributed by atoms with Crippen molar-refractivity contribution in [2.75, 3.05) is 45.3 Å². The summed E-state index contributed by atoms with van der Waals surface area (Å²) in [5, 5.41) is 3.57. The Morgan fingerprint density at radius 3 is 3.14 bits per heavy atom. The van der Waals surface area contributed by atoms with E-state index in [4.69, 9.17) is 14.2 Å². The van der Waals surface area contributed by atoms with Crippen LogP contribution in [0.4, 0.5) is 5.13 Å². The zero-order chi connectivity index (χ0) is 19.6. The number of amides is 1. The Kier molecular flexibility index (Phi) is 5.82. The lowest BCUT2D eigenvalue weighted by Gasteiger charge is -2.44. The molecule has 1 N–H and O–H groups in total. The molecule has 2 aliphatic rings. The summed E-state index contributed by atoms with van der Waals surface area (Å²) in [6.07, 6.45) is 3.03. The first kappa shape index (κ1) is 19.6. The lowest BCUT2D eigenvalue weighted by Crippen LogP contribution is -2.58. The summed E-state index contributed by atoms with van der Waals surface area (Å²) in [6.45, 7) is 5.25. The second kappa shape index (κ2) is 8.32. The summed E-state index contributed by atoms with van der Waals surface area (Å²) in [5.41, 5.74) is 0.599. The van der Waals surface area contributed by atoms with Crippen molar-refractivity contribution in [3.8, 4) is 5.75 Å². The summed E-state index contributed by atoms with van der Waals surface area (Å²) >= 11 is 1.46. The average molecular weight is 406 g/mol. The average Bonchev–Trinajstić information content (AvgIpc) is 3.28. The Balaban J connectivity index is 1.38. The summed E-state index contributed by atoms with van der Waals surface area (Å²) < 4.78 is 18.3. The summed E-state index contributed by atoms with van der Waals surface area (Å²) in [5.74, 6) is 0.771. The van der Waals surface area contributed by atoms with Gasteiger partial charge in [0.2, 0.25) is 5.91 Å². The molecule has 152 valence electrons. The van der Waals surface area contributed by atoms with Crippen LogP contribution in [0.15, 0.2) is 18.2 Å². The van der Waals surface area contributed by atoms with Gasteiger partial charge < -0.3 is 19.5 Å². The van der Waals surface area contributed by atoms with Crippen molar-refractivity contribution in [1.82, 2.24) is 9.88 Å². The van der Waals surface area contributed by atoms with Crippen LogP contribution in [-0.2, 0) is 14.3 Å². The molecule has 28 heavy (non-hydrogen) atoms. The van der Waals surface area contributed by atoms with E-state index in [0.29, 0.717) is 18.3 Å². The second-order valence-corrected chi connectivity index (χ2v) is 8.40. The minimum atomic E-state index is -0.265. The van der Waals surface area contributed by atoms with Crippen LogP contribution in [0, 0.1) is 0 Å². The third kappa shape index (κ3) is 4.00. The third-order valence-electron chi connectivity index (χ3n) is 5.49. The SMILES string of the molecule is CCOc1ccc2nc(NC(=O)CN3CC[C@H](OC)[C@@]4(CCCO4)C3)sc2c1. The van der Waals surface area contributed by atoms with Gasteiger partial charge in [-0.2, -0.15) is 0 Å².